The van der Waals surface area contributed by atoms with Gasteiger partial charge in [-0.05, 0) is 53.1 Å². The van der Waals surface area contributed by atoms with Crippen molar-refractivity contribution in [1.82, 2.24) is 5.32 Å². The molecule has 0 aliphatic rings. The molecule has 0 atom stereocenters. The topological polar surface area (TPSA) is 97.7 Å². The highest BCUT2D eigenvalue weighted by Gasteiger charge is 2.11. The molecule has 0 heterocycles. The summed E-state index contributed by atoms with van der Waals surface area (Å²) in [6.07, 6.45) is 5.88. The van der Waals surface area contributed by atoms with Crippen molar-refractivity contribution in [1.29, 1.82) is 5.26 Å². The fourth-order valence-electron chi connectivity index (χ4n) is 3.16. The van der Waals surface area contributed by atoms with E-state index in [0.29, 0.717) is 12.2 Å². The molecular formula is C30H26N2O5. The summed E-state index contributed by atoms with van der Waals surface area (Å²) in [4.78, 5) is 24.4. The smallest absolute Gasteiger partial charge is 0.336 e. The van der Waals surface area contributed by atoms with Crippen molar-refractivity contribution < 1.29 is 23.8 Å². The minimum Gasteiger partial charge on any atom is -0.493 e. The molecule has 0 radical (unpaired) electrons. The Morgan fingerprint density at radius 1 is 1.00 bits per heavy atom. The standard InChI is InChI=1S/C30H26N2O5/c1-3-17-32-30(34)25(20-31)18-24-11-15-27(28(19-24)35-2)37-29(33)16-12-22-9-13-26(14-10-22)36-21-23-7-5-4-6-8-23/h3-16,18-19H,1,17,21H2,2H3,(H,32,34)/b16-12+,25-18+. The van der Waals surface area contributed by atoms with Gasteiger partial charge in [0.05, 0.1) is 7.11 Å². The summed E-state index contributed by atoms with van der Waals surface area (Å²) >= 11 is 0. The third kappa shape index (κ3) is 8.26. The first-order valence-corrected chi connectivity index (χ1v) is 11.4. The third-order valence-corrected chi connectivity index (χ3v) is 5.02. The van der Waals surface area contributed by atoms with Crippen LogP contribution in [-0.2, 0) is 16.2 Å². The average Bonchev–Trinajstić information content (AvgIpc) is 2.94. The van der Waals surface area contributed by atoms with Crippen LogP contribution in [0, 0.1) is 11.3 Å². The van der Waals surface area contributed by atoms with Crippen LogP contribution < -0.4 is 19.5 Å². The van der Waals surface area contributed by atoms with E-state index in [9.17, 15) is 14.9 Å². The van der Waals surface area contributed by atoms with E-state index < -0.39 is 11.9 Å². The Bertz CT molecular complexity index is 1340. The van der Waals surface area contributed by atoms with Crippen LogP contribution in [0.15, 0.2) is 97.1 Å². The normalized spacial score (nSPS) is 10.9. The van der Waals surface area contributed by atoms with Gasteiger partial charge in [0.2, 0.25) is 0 Å². The number of carbonyl (C=O) groups is 2. The summed E-state index contributed by atoms with van der Waals surface area (Å²) in [6, 6.07) is 23.8. The van der Waals surface area contributed by atoms with Crippen molar-refractivity contribution in [2.45, 2.75) is 6.61 Å². The lowest BCUT2D eigenvalue weighted by atomic mass is 10.1. The molecule has 0 aromatic heterocycles. The van der Waals surface area contributed by atoms with E-state index in [1.54, 1.807) is 18.2 Å². The molecule has 0 aliphatic carbocycles. The van der Waals surface area contributed by atoms with Crippen LogP contribution >= 0.6 is 0 Å². The number of esters is 1. The molecule has 7 heteroatoms. The van der Waals surface area contributed by atoms with Gasteiger partial charge in [-0.15, -0.1) is 6.58 Å². The first kappa shape index (κ1) is 26.5. The highest BCUT2D eigenvalue weighted by molar-refractivity contribution is 6.01. The molecule has 0 bridgehead atoms. The van der Waals surface area contributed by atoms with Crippen molar-refractivity contribution in [3.05, 3.63) is 114 Å². The van der Waals surface area contributed by atoms with Crippen molar-refractivity contribution in [2.24, 2.45) is 0 Å². The van der Waals surface area contributed by atoms with Gasteiger partial charge in [-0.2, -0.15) is 5.26 Å². The Labute approximate surface area is 215 Å². The minimum atomic E-state index is -0.590. The van der Waals surface area contributed by atoms with Crippen LogP contribution in [0.2, 0.25) is 0 Å². The van der Waals surface area contributed by atoms with E-state index in [4.69, 9.17) is 14.2 Å². The lowest BCUT2D eigenvalue weighted by Crippen LogP contribution is -2.24. The highest BCUT2D eigenvalue weighted by atomic mass is 16.6. The second-order valence-corrected chi connectivity index (χ2v) is 7.68. The zero-order chi connectivity index (χ0) is 26.5. The van der Waals surface area contributed by atoms with Gasteiger partial charge in [0.15, 0.2) is 11.5 Å². The number of carbonyl (C=O) groups excluding carboxylic acids is 2. The maximum atomic E-state index is 12.4. The van der Waals surface area contributed by atoms with Gasteiger partial charge in [0.25, 0.3) is 5.91 Å². The molecule has 0 fully saturated rings. The predicted octanol–water partition coefficient (Wildman–Crippen LogP) is 5.10. The number of methoxy groups -OCH3 is 1. The molecule has 1 N–H and O–H groups in total. The zero-order valence-corrected chi connectivity index (χ0v) is 20.3. The molecule has 3 rings (SSSR count). The number of nitriles is 1. The maximum absolute atomic E-state index is 12.4. The SMILES string of the molecule is C=CCNC(=O)/C(C#N)=C/c1ccc(OC(=O)/C=C/c2ccc(OCc3ccccc3)cc2)c(OC)c1. The molecule has 0 spiro atoms. The van der Waals surface area contributed by atoms with Crippen molar-refractivity contribution in [3.63, 3.8) is 0 Å². The van der Waals surface area contributed by atoms with E-state index in [0.717, 1.165) is 16.9 Å². The largest absolute Gasteiger partial charge is 0.493 e. The first-order valence-electron chi connectivity index (χ1n) is 11.4. The summed E-state index contributed by atoms with van der Waals surface area (Å²) in [5.74, 6) is 0.0956. The molecule has 1 amide bonds. The summed E-state index contributed by atoms with van der Waals surface area (Å²) in [5.41, 5.74) is 2.34. The van der Waals surface area contributed by atoms with Gasteiger partial charge in [-0.3, -0.25) is 4.79 Å². The summed E-state index contributed by atoms with van der Waals surface area (Å²) < 4.78 is 16.5. The van der Waals surface area contributed by atoms with E-state index in [-0.39, 0.29) is 23.6 Å². The van der Waals surface area contributed by atoms with Crippen LogP contribution in [0.1, 0.15) is 16.7 Å². The van der Waals surface area contributed by atoms with Crippen molar-refractivity contribution >= 4 is 24.0 Å². The molecule has 0 saturated heterocycles. The summed E-state index contributed by atoms with van der Waals surface area (Å²) in [5, 5.41) is 11.8. The number of ether oxygens (including phenoxy) is 3. The second-order valence-electron chi connectivity index (χ2n) is 7.68. The van der Waals surface area contributed by atoms with Crippen molar-refractivity contribution in [2.75, 3.05) is 13.7 Å². The Hall–Kier alpha value is -5.09. The number of hydrogen-bond donors (Lipinski definition) is 1. The second kappa shape index (κ2) is 13.7. The third-order valence-electron chi connectivity index (χ3n) is 5.02. The van der Waals surface area contributed by atoms with Gasteiger partial charge < -0.3 is 19.5 Å². The minimum absolute atomic E-state index is 0.0759. The van der Waals surface area contributed by atoms with Crippen LogP contribution in [0.3, 0.4) is 0 Å². The van der Waals surface area contributed by atoms with Gasteiger partial charge in [0.1, 0.15) is 24.0 Å². The van der Waals surface area contributed by atoms with E-state index in [1.165, 1.54) is 31.4 Å². The summed E-state index contributed by atoms with van der Waals surface area (Å²) in [6.45, 7) is 4.24. The lowest BCUT2D eigenvalue weighted by Gasteiger charge is -2.09. The van der Waals surface area contributed by atoms with E-state index >= 15 is 0 Å². The van der Waals surface area contributed by atoms with Crippen molar-refractivity contribution in [3.8, 4) is 23.3 Å². The Kier molecular flexibility index (Phi) is 9.82. The average molecular weight is 495 g/mol. The molecular weight excluding hydrogens is 468 g/mol. The molecule has 3 aromatic rings. The maximum Gasteiger partial charge on any atom is 0.336 e. The molecule has 0 saturated carbocycles. The van der Waals surface area contributed by atoms with Crippen LogP contribution in [0.4, 0.5) is 0 Å². The van der Waals surface area contributed by atoms with E-state index in [2.05, 4.69) is 11.9 Å². The Morgan fingerprint density at radius 3 is 2.41 bits per heavy atom. The van der Waals surface area contributed by atoms with Gasteiger partial charge >= 0.3 is 5.97 Å². The van der Waals surface area contributed by atoms with Gasteiger partial charge in [0, 0.05) is 12.6 Å². The molecule has 7 nitrogen and oxygen atoms in total. The van der Waals surface area contributed by atoms with Crippen LogP contribution in [-0.4, -0.2) is 25.5 Å². The predicted molar refractivity (Wildman–Crippen MR) is 142 cm³/mol. The number of nitrogens with zero attached hydrogens (tertiary/aromatic N) is 1. The van der Waals surface area contributed by atoms with Crippen LogP contribution in [0.25, 0.3) is 12.2 Å². The van der Waals surface area contributed by atoms with Crippen LogP contribution in [0.5, 0.6) is 17.2 Å². The molecule has 3 aromatic carbocycles. The van der Waals surface area contributed by atoms with Gasteiger partial charge in [-0.1, -0.05) is 54.6 Å². The molecule has 0 unspecified atom stereocenters. The fourth-order valence-corrected chi connectivity index (χ4v) is 3.16. The Morgan fingerprint density at radius 2 is 1.73 bits per heavy atom. The van der Waals surface area contributed by atoms with E-state index in [1.807, 2.05) is 60.7 Å². The lowest BCUT2D eigenvalue weighted by molar-refractivity contribution is -0.129. The molecule has 186 valence electrons. The zero-order valence-electron chi connectivity index (χ0n) is 20.3. The Balaban J connectivity index is 1.61. The monoisotopic (exact) mass is 494 g/mol. The number of rotatable bonds is 11. The number of amides is 1. The quantitative estimate of drug-likeness (QED) is 0.131. The number of hydrogen-bond acceptors (Lipinski definition) is 6. The summed E-state index contributed by atoms with van der Waals surface area (Å²) in [7, 11) is 1.43. The van der Waals surface area contributed by atoms with Gasteiger partial charge in [-0.25, -0.2) is 4.79 Å². The molecule has 0 aliphatic heterocycles. The number of nitrogens with one attached hydrogen (secondary N) is 1. The fraction of sp³-hybridized carbons (Fsp3) is 0.100. The number of benzene rings is 3. The highest BCUT2D eigenvalue weighted by Crippen LogP contribution is 2.29. The molecule has 37 heavy (non-hydrogen) atoms. The first-order chi connectivity index (χ1) is 18.0.